The summed E-state index contributed by atoms with van der Waals surface area (Å²) in [6, 6.07) is -1.52. The summed E-state index contributed by atoms with van der Waals surface area (Å²) in [6.45, 7) is 12.3. The van der Waals surface area contributed by atoms with Gasteiger partial charge >= 0.3 is 5.97 Å². The first-order chi connectivity index (χ1) is 11.8. The van der Waals surface area contributed by atoms with Gasteiger partial charge in [-0.05, 0) is 39.5 Å². The molecular formula is C17H36NO6P. The average Bonchev–Trinajstić information content (AvgIpc) is 2.57. The molecule has 150 valence electrons. The molecule has 0 aliphatic heterocycles. The van der Waals surface area contributed by atoms with Gasteiger partial charge in [0.2, 0.25) is 6.03 Å². The van der Waals surface area contributed by atoms with E-state index in [-0.39, 0.29) is 18.5 Å². The Balaban J connectivity index is 5.60. The van der Waals surface area contributed by atoms with Crippen molar-refractivity contribution >= 4 is 13.3 Å². The third-order valence-electron chi connectivity index (χ3n) is 3.65. The Morgan fingerprint density at radius 2 is 1.60 bits per heavy atom. The Morgan fingerprint density at radius 3 is 1.96 bits per heavy atom. The molecule has 0 rings (SSSR count). The molecule has 0 aromatic heterocycles. The second-order valence-electron chi connectivity index (χ2n) is 6.08. The van der Waals surface area contributed by atoms with Crippen molar-refractivity contribution < 1.29 is 28.1 Å². The first-order valence-corrected chi connectivity index (χ1v) is 10.9. The summed E-state index contributed by atoms with van der Waals surface area (Å²) in [4.78, 5) is 12.1. The molecule has 25 heavy (non-hydrogen) atoms. The number of carbonyl (C=O) groups is 1. The van der Waals surface area contributed by atoms with Crippen LogP contribution in [-0.2, 0) is 28.1 Å². The Morgan fingerprint density at radius 1 is 1.04 bits per heavy atom. The van der Waals surface area contributed by atoms with E-state index < -0.39 is 25.2 Å². The van der Waals surface area contributed by atoms with Crippen molar-refractivity contribution in [3.05, 3.63) is 0 Å². The topological polar surface area (TPSA) is 83.1 Å². The fourth-order valence-corrected chi connectivity index (χ4v) is 5.20. The van der Waals surface area contributed by atoms with Gasteiger partial charge in [0, 0.05) is 13.2 Å². The van der Waals surface area contributed by atoms with Gasteiger partial charge in [0.1, 0.15) is 6.04 Å². The molecule has 0 aliphatic rings. The molecule has 0 heterocycles. The first kappa shape index (κ1) is 24.5. The Kier molecular flexibility index (Phi) is 12.6. The van der Waals surface area contributed by atoms with Crippen molar-refractivity contribution in [1.82, 2.24) is 5.32 Å². The van der Waals surface area contributed by atoms with Gasteiger partial charge in [-0.3, -0.25) is 14.7 Å². The van der Waals surface area contributed by atoms with E-state index in [0.717, 1.165) is 0 Å². The van der Waals surface area contributed by atoms with Crippen molar-refractivity contribution in [2.24, 2.45) is 5.92 Å². The molecule has 1 N–H and O–H groups in total. The smallest absolute Gasteiger partial charge is 0.322 e. The zero-order chi connectivity index (χ0) is 19.5. The molecule has 0 spiro atoms. The van der Waals surface area contributed by atoms with E-state index in [1.165, 1.54) is 7.11 Å². The lowest BCUT2D eigenvalue weighted by Crippen LogP contribution is -2.46. The molecule has 7 nitrogen and oxygen atoms in total. The van der Waals surface area contributed by atoms with Crippen LogP contribution in [0.5, 0.6) is 0 Å². The van der Waals surface area contributed by atoms with Crippen LogP contribution in [-0.4, -0.2) is 50.8 Å². The van der Waals surface area contributed by atoms with Crippen LogP contribution in [0, 0.1) is 5.92 Å². The van der Waals surface area contributed by atoms with Gasteiger partial charge in [0.25, 0.3) is 7.37 Å². The van der Waals surface area contributed by atoms with Gasteiger partial charge in [-0.2, -0.15) is 0 Å². The molecule has 0 aliphatic carbocycles. The SMILES string of the molecule is CCOC(OCC)P(=O)(OCC)C(CC)NC(CC(C)C)C(=O)OC. The molecule has 0 aromatic rings. The second-order valence-corrected chi connectivity index (χ2v) is 8.67. The molecule has 0 aromatic carbocycles. The van der Waals surface area contributed by atoms with Gasteiger partial charge < -0.3 is 18.7 Å². The lowest BCUT2D eigenvalue weighted by molar-refractivity contribution is -0.143. The third kappa shape index (κ3) is 7.75. The highest BCUT2D eigenvalue weighted by molar-refractivity contribution is 7.60. The summed E-state index contributed by atoms with van der Waals surface area (Å²) in [5.41, 5.74) is 0. The van der Waals surface area contributed by atoms with Gasteiger partial charge in [-0.25, -0.2) is 0 Å². The summed E-state index contributed by atoms with van der Waals surface area (Å²) >= 11 is 0. The Bertz CT molecular complexity index is 412. The summed E-state index contributed by atoms with van der Waals surface area (Å²) < 4.78 is 35.4. The second kappa shape index (κ2) is 12.8. The number of esters is 1. The standard InChI is InChI=1S/C17H36NO6P/c1-8-15(18-14(12-13(5)6)16(19)21-7)25(20,24-11-4)17(22-9-2)23-10-3/h13-15,17-18H,8-12H2,1-7H3. The van der Waals surface area contributed by atoms with E-state index in [9.17, 15) is 9.36 Å². The maximum absolute atomic E-state index is 13.7. The van der Waals surface area contributed by atoms with E-state index in [4.69, 9.17) is 18.7 Å². The van der Waals surface area contributed by atoms with Crippen molar-refractivity contribution in [3.63, 3.8) is 0 Å². The number of ether oxygens (including phenoxy) is 3. The minimum Gasteiger partial charge on any atom is -0.468 e. The van der Waals surface area contributed by atoms with E-state index in [1.807, 2.05) is 34.6 Å². The Hall–Kier alpha value is -0.460. The minimum absolute atomic E-state index is 0.263. The summed E-state index contributed by atoms with van der Waals surface area (Å²) in [7, 11) is -2.03. The van der Waals surface area contributed by atoms with Crippen molar-refractivity contribution in [2.75, 3.05) is 26.9 Å². The maximum Gasteiger partial charge on any atom is 0.322 e. The van der Waals surface area contributed by atoms with Gasteiger partial charge in [-0.15, -0.1) is 0 Å². The first-order valence-electron chi connectivity index (χ1n) is 9.11. The van der Waals surface area contributed by atoms with E-state index >= 15 is 0 Å². The van der Waals surface area contributed by atoms with Gasteiger partial charge in [0.05, 0.1) is 19.5 Å². The number of hydrogen-bond donors (Lipinski definition) is 1. The monoisotopic (exact) mass is 381 g/mol. The highest BCUT2D eigenvalue weighted by Gasteiger charge is 2.44. The normalized spacial score (nSPS) is 16.7. The maximum atomic E-state index is 13.7. The summed E-state index contributed by atoms with van der Waals surface area (Å²) in [5, 5.41) is 3.19. The lowest BCUT2D eigenvalue weighted by Gasteiger charge is -2.34. The predicted octanol–water partition coefficient (Wildman–Crippen LogP) is 3.57. The van der Waals surface area contributed by atoms with E-state index in [0.29, 0.717) is 26.1 Å². The fourth-order valence-electron chi connectivity index (χ4n) is 2.60. The van der Waals surface area contributed by atoms with E-state index in [2.05, 4.69) is 5.32 Å². The largest absolute Gasteiger partial charge is 0.468 e. The molecule has 3 unspecified atom stereocenters. The fraction of sp³-hybridized carbons (Fsp3) is 0.941. The van der Waals surface area contributed by atoms with Gasteiger partial charge in [-0.1, -0.05) is 20.8 Å². The zero-order valence-corrected chi connectivity index (χ0v) is 17.6. The van der Waals surface area contributed by atoms with Crippen LogP contribution in [0.1, 0.15) is 54.4 Å². The van der Waals surface area contributed by atoms with Crippen molar-refractivity contribution in [1.29, 1.82) is 0 Å². The molecule has 0 saturated heterocycles. The van der Waals surface area contributed by atoms with Crippen molar-refractivity contribution in [3.8, 4) is 0 Å². The van der Waals surface area contributed by atoms with Crippen LogP contribution in [0.2, 0.25) is 0 Å². The number of rotatable bonds is 14. The van der Waals surface area contributed by atoms with Crippen LogP contribution in [0.25, 0.3) is 0 Å². The molecule has 0 fully saturated rings. The summed E-state index contributed by atoms with van der Waals surface area (Å²) in [5.74, 6) is -0.673. The molecule has 3 atom stereocenters. The molecule has 0 bridgehead atoms. The molecular weight excluding hydrogens is 345 g/mol. The van der Waals surface area contributed by atoms with Crippen LogP contribution in [0.3, 0.4) is 0 Å². The quantitative estimate of drug-likeness (QED) is 0.280. The van der Waals surface area contributed by atoms with E-state index in [1.54, 1.807) is 6.92 Å². The van der Waals surface area contributed by atoms with Crippen LogP contribution >= 0.6 is 7.37 Å². The predicted molar refractivity (Wildman–Crippen MR) is 98.7 cm³/mol. The van der Waals surface area contributed by atoms with Crippen molar-refractivity contribution in [2.45, 2.75) is 72.2 Å². The number of methoxy groups -OCH3 is 1. The lowest BCUT2D eigenvalue weighted by atomic mass is 10.0. The highest BCUT2D eigenvalue weighted by atomic mass is 31.2. The zero-order valence-electron chi connectivity index (χ0n) is 16.7. The molecule has 8 heteroatoms. The molecule has 0 amide bonds. The molecule has 0 saturated carbocycles. The summed E-state index contributed by atoms with van der Waals surface area (Å²) in [6.07, 6.45) is 1.07. The highest BCUT2D eigenvalue weighted by Crippen LogP contribution is 2.57. The number of carbonyl (C=O) groups excluding carboxylic acids is 1. The van der Waals surface area contributed by atoms with Crippen LogP contribution in [0.4, 0.5) is 0 Å². The van der Waals surface area contributed by atoms with Crippen LogP contribution in [0.15, 0.2) is 0 Å². The van der Waals surface area contributed by atoms with Gasteiger partial charge in [0.15, 0.2) is 0 Å². The number of nitrogens with one attached hydrogen (secondary N) is 1. The van der Waals surface area contributed by atoms with Crippen LogP contribution < -0.4 is 5.32 Å². The number of hydrogen-bond acceptors (Lipinski definition) is 7. The Labute approximate surface area is 152 Å². The average molecular weight is 381 g/mol. The minimum atomic E-state index is -3.38. The molecule has 0 radical (unpaired) electrons. The third-order valence-corrected chi connectivity index (χ3v) is 6.58.